The molecule has 3 N–H and O–H groups in total. The summed E-state index contributed by atoms with van der Waals surface area (Å²) in [5.74, 6) is 1.24. The zero-order valence-corrected chi connectivity index (χ0v) is 17.5. The molecule has 144 valence electrons. The van der Waals surface area contributed by atoms with Gasteiger partial charge in [0.05, 0.1) is 6.61 Å². The van der Waals surface area contributed by atoms with E-state index in [1.165, 1.54) is 0 Å². The minimum absolute atomic E-state index is 0.248. The molecule has 0 radical (unpaired) electrons. The first-order valence-electron chi connectivity index (χ1n) is 8.50. The molecule has 0 amide bonds. The third kappa shape index (κ3) is 6.57. The summed E-state index contributed by atoms with van der Waals surface area (Å²) < 4.78 is 11.6. The highest BCUT2D eigenvalue weighted by molar-refractivity contribution is 7.80. The average molecular weight is 427 g/mol. The number of hydrazine groups is 1. The van der Waals surface area contributed by atoms with Crippen LogP contribution in [0.4, 0.5) is 0 Å². The Balaban J connectivity index is 2.10. The van der Waals surface area contributed by atoms with E-state index in [0.29, 0.717) is 33.3 Å². The fraction of sp³-hybridized carbons (Fsp3) is 0.263. The highest BCUT2D eigenvalue weighted by Crippen LogP contribution is 2.31. The Morgan fingerprint density at radius 3 is 2.52 bits per heavy atom. The van der Waals surface area contributed by atoms with Crippen LogP contribution in [0.2, 0.25) is 10.0 Å². The summed E-state index contributed by atoms with van der Waals surface area (Å²) in [5, 5.41) is 7.58. The molecule has 0 bridgehead atoms. The molecule has 0 spiro atoms. The second-order valence-electron chi connectivity index (χ2n) is 5.40. The van der Waals surface area contributed by atoms with Gasteiger partial charge in [0.15, 0.2) is 17.7 Å². The molecule has 0 aliphatic carbocycles. The molecule has 0 aliphatic rings. The van der Waals surface area contributed by atoms with E-state index in [-0.39, 0.29) is 6.61 Å². The van der Waals surface area contributed by atoms with E-state index in [1.807, 2.05) is 32.0 Å². The van der Waals surface area contributed by atoms with Crippen LogP contribution in [-0.2, 0) is 6.61 Å². The minimum atomic E-state index is 0.248. The SMILES string of the molecule is CCNC(=S)N[NH+]=Cc1ccc(OCc2c(Cl)cccc2Cl)c(OCC)c1. The number of halogens is 2. The van der Waals surface area contributed by atoms with E-state index in [4.69, 9.17) is 44.9 Å². The summed E-state index contributed by atoms with van der Waals surface area (Å²) >= 11 is 17.5. The van der Waals surface area contributed by atoms with Crippen molar-refractivity contribution in [1.29, 1.82) is 0 Å². The minimum Gasteiger partial charge on any atom is -0.490 e. The maximum Gasteiger partial charge on any atom is 0.223 e. The zero-order valence-electron chi connectivity index (χ0n) is 15.1. The smallest absolute Gasteiger partial charge is 0.223 e. The van der Waals surface area contributed by atoms with Gasteiger partial charge in [0.1, 0.15) is 6.61 Å². The first kappa shape index (κ1) is 21.3. The molecule has 0 heterocycles. The zero-order chi connectivity index (χ0) is 19.6. The molecule has 2 rings (SSSR count). The van der Waals surface area contributed by atoms with Gasteiger partial charge in [-0.2, -0.15) is 0 Å². The lowest BCUT2D eigenvalue weighted by Crippen LogP contribution is -2.82. The van der Waals surface area contributed by atoms with E-state index < -0.39 is 0 Å². The standard InChI is InChI=1S/C19H21Cl2N3O2S/c1-3-22-19(27)24-23-11-13-8-9-17(18(10-13)25-4-2)26-12-14-15(20)6-5-7-16(14)21/h5-11H,3-4,12H2,1-2H3,(H2,22,24,27)/p+1. The van der Waals surface area contributed by atoms with Crippen LogP contribution >= 0.6 is 35.4 Å². The lowest BCUT2D eigenvalue weighted by Gasteiger charge is -2.13. The second kappa shape index (κ2) is 11.0. The predicted octanol–water partition coefficient (Wildman–Crippen LogP) is 2.87. The van der Waals surface area contributed by atoms with Crippen LogP contribution in [0, 0.1) is 0 Å². The molecule has 0 aliphatic heterocycles. The average Bonchev–Trinajstić information content (AvgIpc) is 2.63. The highest BCUT2D eigenvalue weighted by Gasteiger charge is 2.11. The van der Waals surface area contributed by atoms with Gasteiger partial charge in [0.2, 0.25) is 5.11 Å². The van der Waals surface area contributed by atoms with Crippen molar-refractivity contribution in [2.45, 2.75) is 20.5 Å². The summed E-state index contributed by atoms with van der Waals surface area (Å²) in [5.41, 5.74) is 4.50. The number of hydrogen-bond donors (Lipinski definition) is 3. The van der Waals surface area contributed by atoms with Gasteiger partial charge in [-0.1, -0.05) is 29.3 Å². The van der Waals surface area contributed by atoms with Crippen LogP contribution < -0.4 is 25.3 Å². The van der Waals surface area contributed by atoms with Gasteiger partial charge in [-0.15, -0.1) is 10.5 Å². The van der Waals surface area contributed by atoms with Crippen molar-refractivity contribution in [1.82, 2.24) is 10.7 Å². The van der Waals surface area contributed by atoms with Gasteiger partial charge in [-0.25, -0.2) is 0 Å². The molecule has 0 aromatic heterocycles. The summed E-state index contributed by atoms with van der Waals surface area (Å²) in [6.07, 6.45) is 1.78. The van der Waals surface area contributed by atoms with Crippen LogP contribution in [0.25, 0.3) is 0 Å². The van der Waals surface area contributed by atoms with Crippen LogP contribution in [0.3, 0.4) is 0 Å². The maximum absolute atomic E-state index is 6.20. The lowest BCUT2D eigenvalue weighted by atomic mass is 10.2. The predicted molar refractivity (Wildman–Crippen MR) is 114 cm³/mol. The molecular formula is C19H22Cl2N3O2S+. The number of thiocarbonyl (C=S) groups is 1. The Morgan fingerprint density at radius 1 is 1.11 bits per heavy atom. The number of ether oxygens (including phenoxy) is 2. The van der Waals surface area contributed by atoms with Gasteiger partial charge in [0.25, 0.3) is 0 Å². The van der Waals surface area contributed by atoms with E-state index in [0.717, 1.165) is 17.7 Å². The summed E-state index contributed by atoms with van der Waals surface area (Å²) in [6, 6.07) is 11.0. The first-order chi connectivity index (χ1) is 13.0. The van der Waals surface area contributed by atoms with Gasteiger partial charge < -0.3 is 14.8 Å². The quantitative estimate of drug-likeness (QED) is 0.344. The largest absolute Gasteiger partial charge is 0.490 e. The molecule has 27 heavy (non-hydrogen) atoms. The molecule has 0 fully saturated rings. The molecule has 2 aromatic rings. The van der Waals surface area contributed by atoms with Crippen LogP contribution in [0.1, 0.15) is 25.0 Å². The summed E-state index contributed by atoms with van der Waals surface area (Å²) in [4.78, 5) is 0. The van der Waals surface area contributed by atoms with Crippen molar-refractivity contribution < 1.29 is 14.6 Å². The molecule has 5 nitrogen and oxygen atoms in total. The highest BCUT2D eigenvalue weighted by atomic mass is 35.5. The fourth-order valence-corrected chi connectivity index (χ4v) is 2.92. The second-order valence-corrected chi connectivity index (χ2v) is 6.62. The summed E-state index contributed by atoms with van der Waals surface area (Å²) in [6.45, 7) is 5.41. The van der Waals surface area contributed by atoms with Crippen molar-refractivity contribution >= 4 is 46.7 Å². The van der Waals surface area contributed by atoms with Gasteiger partial charge in [-0.05, 0) is 56.4 Å². The van der Waals surface area contributed by atoms with Crippen molar-refractivity contribution in [3.8, 4) is 11.5 Å². The van der Waals surface area contributed by atoms with E-state index in [2.05, 4.69) is 15.8 Å². The number of nitrogens with one attached hydrogen (secondary N) is 3. The molecule has 0 atom stereocenters. The van der Waals surface area contributed by atoms with E-state index >= 15 is 0 Å². The third-order valence-electron chi connectivity index (χ3n) is 3.46. The number of rotatable bonds is 8. The summed E-state index contributed by atoms with van der Waals surface area (Å²) in [7, 11) is 0. The Hall–Kier alpha value is -2.02. The number of benzene rings is 2. The van der Waals surface area contributed by atoms with Crippen molar-refractivity contribution in [3.05, 3.63) is 57.6 Å². The van der Waals surface area contributed by atoms with Gasteiger partial charge in [-0.3, -0.25) is 0 Å². The number of hydrazone groups is 1. The Bertz CT molecular complexity index is 795. The Labute approximate surface area is 174 Å². The Morgan fingerprint density at radius 2 is 1.85 bits per heavy atom. The molecule has 0 saturated carbocycles. The topological polar surface area (TPSA) is 56.5 Å². The van der Waals surface area contributed by atoms with Crippen molar-refractivity contribution in [2.75, 3.05) is 13.2 Å². The van der Waals surface area contributed by atoms with Crippen LogP contribution in [0.15, 0.2) is 36.4 Å². The maximum atomic E-state index is 6.20. The van der Waals surface area contributed by atoms with E-state index in [1.54, 1.807) is 24.4 Å². The van der Waals surface area contributed by atoms with Crippen LogP contribution in [0.5, 0.6) is 11.5 Å². The molecule has 2 aromatic carbocycles. The van der Waals surface area contributed by atoms with Gasteiger partial charge >= 0.3 is 0 Å². The van der Waals surface area contributed by atoms with E-state index in [9.17, 15) is 0 Å². The van der Waals surface area contributed by atoms with Crippen LogP contribution in [-0.4, -0.2) is 24.5 Å². The fourth-order valence-electron chi connectivity index (χ4n) is 2.21. The molecular weight excluding hydrogens is 405 g/mol. The third-order valence-corrected chi connectivity index (χ3v) is 4.42. The Kier molecular flexibility index (Phi) is 8.64. The normalized spacial score (nSPS) is 10.7. The molecule has 0 saturated heterocycles. The lowest BCUT2D eigenvalue weighted by molar-refractivity contribution is -0.500. The monoisotopic (exact) mass is 426 g/mol. The molecule has 8 heteroatoms. The first-order valence-corrected chi connectivity index (χ1v) is 9.66. The van der Waals surface area contributed by atoms with Crippen molar-refractivity contribution in [2.24, 2.45) is 0 Å². The van der Waals surface area contributed by atoms with Gasteiger partial charge in [0, 0.05) is 27.7 Å². The van der Waals surface area contributed by atoms with Crippen molar-refractivity contribution in [3.63, 3.8) is 0 Å². The molecule has 0 unspecified atom stereocenters. The number of hydrogen-bond acceptors (Lipinski definition) is 3.